The zero-order chi connectivity index (χ0) is 21.7. The highest BCUT2D eigenvalue weighted by molar-refractivity contribution is 7.89. The predicted molar refractivity (Wildman–Crippen MR) is 124 cm³/mol. The van der Waals surface area contributed by atoms with Gasteiger partial charge >= 0.3 is 0 Å². The second-order valence-electron chi connectivity index (χ2n) is 7.76. The number of rotatable bonds is 8. The molecule has 0 unspecified atom stereocenters. The summed E-state index contributed by atoms with van der Waals surface area (Å²) in [5, 5.41) is 1.11. The Kier molecular flexibility index (Phi) is 8.18. The maximum Gasteiger partial charge on any atom is 0.240 e. The molecular formula is C22H29Cl2N3O2S. The van der Waals surface area contributed by atoms with Gasteiger partial charge in [-0.25, -0.2) is 13.1 Å². The molecule has 0 saturated carbocycles. The van der Waals surface area contributed by atoms with Crippen molar-refractivity contribution in [3.63, 3.8) is 0 Å². The fourth-order valence-electron chi connectivity index (χ4n) is 4.17. The first-order valence-electron chi connectivity index (χ1n) is 10.3. The van der Waals surface area contributed by atoms with Crippen molar-refractivity contribution in [1.29, 1.82) is 0 Å². The van der Waals surface area contributed by atoms with Gasteiger partial charge in [-0.05, 0) is 93.7 Å². The Bertz CT molecular complexity index is 961. The summed E-state index contributed by atoms with van der Waals surface area (Å²) in [6.07, 6.45) is 2.83. The maximum absolute atomic E-state index is 12.4. The molecule has 164 valence electrons. The standard InChI is InChI=1S/C22H29Cl2N3O2S/c1-26-30(28,29)22-5-3-2-4-19(22)16-8-11-27(12-9-16)13-10-18(15-25)17-6-7-20(23)21(24)14-17/h2-7,14,16,18,26H,8-13,15,25H2,1H3/t18-/m1/s1. The van der Waals surface area contributed by atoms with Crippen molar-refractivity contribution in [2.75, 3.05) is 33.2 Å². The van der Waals surface area contributed by atoms with E-state index in [0.29, 0.717) is 21.5 Å². The van der Waals surface area contributed by atoms with E-state index in [1.165, 1.54) is 7.05 Å². The first-order valence-corrected chi connectivity index (χ1v) is 12.5. The molecule has 1 aliphatic rings. The number of piperidine rings is 1. The Morgan fingerprint density at radius 2 is 1.83 bits per heavy atom. The van der Waals surface area contributed by atoms with Crippen molar-refractivity contribution in [1.82, 2.24) is 9.62 Å². The molecule has 8 heteroatoms. The van der Waals surface area contributed by atoms with E-state index in [2.05, 4.69) is 9.62 Å². The topological polar surface area (TPSA) is 75.4 Å². The van der Waals surface area contributed by atoms with Crippen LogP contribution >= 0.6 is 23.2 Å². The van der Waals surface area contributed by atoms with E-state index in [0.717, 1.165) is 50.0 Å². The van der Waals surface area contributed by atoms with Crippen LogP contribution in [0.15, 0.2) is 47.4 Å². The van der Waals surface area contributed by atoms with Crippen LogP contribution in [0.4, 0.5) is 0 Å². The fraction of sp³-hybridized carbons (Fsp3) is 0.455. The summed E-state index contributed by atoms with van der Waals surface area (Å²) in [6, 6.07) is 13.1. The van der Waals surface area contributed by atoms with Crippen molar-refractivity contribution in [2.45, 2.75) is 36.0 Å². The van der Waals surface area contributed by atoms with Gasteiger partial charge in [-0.15, -0.1) is 0 Å². The van der Waals surface area contributed by atoms with Crippen LogP contribution < -0.4 is 10.5 Å². The molecule has 0 amide bonds. The minimum atomic E-state index is -3.45. The van der Waals surface area contributed by atoms with E-state index in [9.17, 15) is 8.42 Å². The van der Waals surface area contributed by atoms with Crippen LogP contribution in [0, 0.1) is 0 Å². The lowest BCUT2D eigenvalue weighted by atomic mass is 9.89. The average molecular weight is 470 g/mol. The van der Waals surface area contributed by atoms with Gasteiger partial charge in [-0.2, -0.15) is 0 Å². The summed E-state index contributed by atoms with van der Waals surface area (Å²) >= 11 is 12.2. The molecule has 0 spiro atoms. The first kappa shape index (κ1) is 23.5. The lowest BCUT2D eigenvalue weighted by molar-refractivity contribution is 0.205. The molecule has 0 aromatic heterocycles. The number of sulfonamides is 1. The van der Waals surface area contributed by atoms with E-state index >= 15 is 0 Å². The van der Waals surface area contributed by atoms with Crippen LogP contribution in [0.1, 0.15) is 42.2 Å². The van der Waals surface area contributed by atoms with Gasteiger partial charge in [-0.3, -0.25) is 0 Å². The summed E-state index contributed by atoms with van der Waals surface area (Å²) in [7, 11) is -2.00. The smallest absolute Gasteiger partial charge is 0.240 e. The molecule has 2 aromatic rings. The number of nitrogens with zero attached hydrogens (tertiary/aromatic N) is 1. The Morgan fingerprint density at radius 1 is 1.13 bits per heavy atom. The van der Waals surface area contributed by atoms with E-state index in [1.807, 2.05) is 30.3 Å². The van der Waals surface area contributed by atoms with Crippen LogP contribution in [0.25, 0.3) is 0 Å². The Morgan fingerprint density at radius 3 is 2.47 bits per heavy atom. The van der Waals surface area contributed by atoms with Crippen LogP contribution in [-0.2, 0) is 10.0 Å². The SMILES string of the molecule is CNS(=O)(=O)c1ccccc1C1CCN(CC[C@H](CN)c2ccc(Cl)c(Cl)c2)CC1. The third kappa shape index (κ3) is 5.55. The lowest BCUT2D eigenvalue weighted by Gasteiger charge is -2.33. The second kappa shape index (κ2) is 10.4. The van der Waals surface area contributed by atoms with Crippen molar-refractivity contribution < 1.29 is 8.42 Å². The normalized spacial score (nSPS) is 17.2. The molecule has 5 nitrogen and oxygen atoms in total. The van der Waals surface area contributed by atoms with Gasteiger partial charge in [-0.1, -0.05) is 47.5 Å². The van der Waals surface area contributed by atoms with E-state index in [1.54, 1.807) is 12.1 Å². The molecule has 1 aliphatic heterocycles. The summed E-state index contributed by atoms with van der Waals surface area (Å²) in [5.41, 5.74) is 8.06. The summed E-state index contributed by atoms with van der Waals surface area (Å²) in [5.74, 6) is 0.486. The van der Waals surface area contributed by atoms with E-state index in [4.69, 9.17) is 28.9 Å². The minimum absolute atomic E-state index is 0.235. The lowest BCUT2D eigenvalue weighted by Crippen LogP contribution is -2.35. The average Bonchev–Trinajstić information content (AvgIpc) is 2.77. The second-order valence-corrected chi connectivity index (χ2v) is 10.4. The van der Waals surface area contributed by atoms with Crippen molar-refractivity contribution in [3.05, 3.63) is 63.6 Å². The quantitative estimate of drug-likeness (QED) is 0.606. The van der Waals surface area contributed by atoms with Crippen LogP contribution in [0.3, 0.4) is 0 Å². The molecular weight excluding hydrogens is 441 g/mol. The maximum atomic E-state index is 12.4. The van der Waals surface area contributed by atoms with E-state index < -0.39 is 10.0 Å². The van der Waals surface area contributed by atoms with Crippen molar-refractivity contribution >= 4 is 33.2 Å². The Balaban J connectivity index is 1.59. The summed E-state index contributed by atoms with van der Waals surface area (Å²) < 4.78 is 27.2. The van der Waals surface area contributed by atoms with Gasteiger partial charge in [0.15, 0.2) is 0 Å². The molecule has 0 aliphatic carbocycles. The molecule has 1 saturated heterocycles. The molecule has 30 heavy (non-hydrogen) atoms. The number of hydrogen-bond acceptors (Lipinski definition) is 4. The van der Waals surface area contributed by atoms with Gasteiger partial charge in [0, 0.05) is 0 Å². The third-order valence-electron chi connectivity index (χ3n) is 6.00. The first-order chi connectivity index (χ1) is 14.4. The highest BCUT2D eigenvalue weighted by Gasteiger charge is 2.26. The fourth-order valence-corrected chi connectivity index (χ4v) is 5.49. The highest BCUT2D eigenvalue weighted by atomic mass is 35.5. The molecule has 0 radical (unpaired) electrons. The summed E-state index contributed by atoms with van der Waals surface area (Å²) in [6.45, 7) is 3.39. The van der Waals surface area contributed by atoms with Gasteiger partial charge in [0.05, 0.1) is 14.9 Å². The molecule has 3 rings (SSSR count). The number of nitrogens with two attached hydrogens (primary N) is 1. The molecule has 1 heterocycles. The third-order valence-corrected chi connectivity index (χ3v) is 8.23. The van der Waals surface area contributed by atoms with Crippen LogP contribution in [0.5, 0.6) is 0 Å². The number of hydrogen-bond donors (Lipinski definition) is 2. The number of halogens is 2. The van der Waals surface area contributed by atoms with Crippen LogP contribution in [-0.4, -0.2) is 46.5 Å². The molecule has 0 bridgehead atoms. The summed E-state index contributed by atoms with van der Waals surface area (Å²) in [4.78, 5) is 2.83. The predicted octanol–water partition coefficient (Wildman–Crippen LogP) is 4.21. The Hall–Kier alpha value is -1.15. The zero-order valence-electron chi connectivity index (χ0n) is 17.2. The van der Waals surface area contributed by atoms with Crippen molar-refractivity contribution in [3.8, 4) is 0 Å². The number of benzene rings is 2. The Labute approximate surface area is 189 Å². The molecule has 1 atom stereocenters. The van der Waals surface area contributed by atoms with E-state index in [-0.39, 0.29) is 11.8 Å². The van der Waals surface area contributed by atoms with Gasteiger partial charge < -0.3 is 10.6 Å². The molecule has 3 N–H and O–H groups in total. The van der Waals surface area contributed by atoms with Gasteiger partial charge in [0.1, 0.15) is 0 Å². The molecule has 1 fully saturated rings. The zero-order valence-corrected chi connectivity index (χ0v) is 19.5. The van der Waals surface area contributed by atoms with Crippen LogP contribution in [0.2, 0.25) is 10.0 Å². The van der Waals surface area contributed by atoms with Gasteiger partial charge in [0.25, 0.3) is 0 Å². The monoisotopic (exact) mass is 469 g/mol. The largest absolute Gasteiger partial charge is 0.330 e. The van der Waals surface area contributed by atoms with Gasteiger partial charge in [0.2, 0.25) is 10.0 Å². The number of likely N-dealkylation sites (tertiary alicyclic amines) is 1. The molecule has 2 aromatic carbocycles. The van der Waals surface area contributed by atoms with Crippen molar-refractivity contribution in [2.24, 2.45) is 5.73 Å². The minimum Gasteiger partial charge on any atom is -0.330 e. The number of nitrogens with one attached hydrogen (secondary N) is 1. The highest BCUT2D eigenvalue weighted by Crippen LogP contribution is 2.33.